The Bertz CT molecular complexity index is 1120. The number of hydrogen-bond donors (Lipinski definition) is 0. The van der Waals surface area contributed by atoms with Gasteiger partial charge in [-0.05, 0) is 28.9 Å². The Morgan fingerprint density at radius 3 is 2.16 bits per heavy atom. The highest BCUT2D eigenvalue weighted by Gasteiger charge is 2.42. The van der Waals surface area contributed by atoms with Gasteiger partial charge in [0.1, 0.15) is 5.04 Å². The summed E-state index contributed by atoms with van der Waals surface area (Å²) >= 11 is 1.71. The lowest BCUT2D eigenvalue weighted by Gasteiger charge is -2.34. The van der Waals surface area contributed by atoms with Crippen LogP contribution in [0.5, 0.6) is 0 Å². The molecule has 1 fully saturated rings. The molecule has 0 N–H and O–H groups in total. The average molecular weight is 470 g/mol. The van der Waals surface area contributed by atoms with Gasteiger partial charge in [-0.25, -0.2) is 13.4 Å². The molecular weight excluding hydrogens is 438 g/mol. The van der Waals surface area contributed by atoms with Crippen LogP contribution in [0.1, 0.15) is 51.7 Å². The first kappa shape index (κ1) is 23.2. The van der Waals surface area contributed by atoms with Gasteiger partial charge in [-0.15, -0.1) is 11.8 Å². The molecule has 0 aromatic heterocycles. The summed E-state index contributed by atoms with van der Waals surface area (Å²) in [5.41, 5.74) is 2.85. The van der Waals surface area contributed by atoms with Gasteiger partial charge in [0.2, 0.25) is 10.0 Å². The third-order valence-electron chi connectivity index (χ3n) is 6.04. The molecule has 4 rings (SSSR count). The Balaban J connectivity index is 1.57. The number of piperidine rings is 1. The minimum absolute atomic E-state index is 0.101. The number of benzene rings is 2. The van der Waals surface area contributed by atoms with Crippen molar-refractivity contribution in [2.24, 2.45) is 9.98 Å². The zero-order chi connectivity index (χ0) is 23.0. The Hall–Kier alpha value is -1.96. The second-order valence-corrected chi connectivity index (χ2v) is 12.5. The summed E-state index contributed by atoms with van der Waals surface area (Å²) in [6, 6.07) is 17.3. The van der Waals surface area contributed by atoms with E-state index >= 15 is 0 Å². The average Bonchev–Trinajstić information content (AvgIpc) is 3.12. The Morgan fingerprint density at radius 2 is 1.59 bits per heavy atom. The molecule has 2 heterocycles. The van der Waals surface area contributed by atoms with Crippen LogP contribution in [-0.4, -0.2) is 48.0 Å². The predicted molar refractivity (Wildman–Crippen MR) is 134 cm³/mol. The molecule has 0 radical (unpaired) electrons. The van der Waals surface area contributed by atoms with Crippen molar-refractivity contribution in [1.29, 1.82) is 0 Å². The van der Waals surface area contributed by atoms with E-state index in [9.17, 15) is 8.42 Å². The zero-order valence-corrected chi connectivity index (χ0v) is 20.8. The third-order valence-corrected chi connectivity index (χ3v) is 8.80. The number of thioether (sulfide) groups is 1. The van der Waals surface area contributed by atoms with Gasteiger partial charge in [-0.3, -0.25) is 4.99 Å². The van der Waals surface area contributed by atoms with Gasteiger partial charge in [0.15, 0.2) is 5.66 Å². The zero-order valence-electron chi connectivity index (χ0n) is 19.2. The van der Waals surface area contributed by atoms with Crippen LogP contribution in [0, 0.1) is 0 Å². The van der Waals surface area contributed by atoms with Crippen molar-refractivity contribution in [1.82, 2.24) is 4.31 Å². The second-order valence-electron chi connectivity index (χ2n) is 9.34. The molecule has 2 aromatic rings. The highest BCUT2D eigenvalue weighted by Crippen LogP contribution is 2.37. The SMILES string of the molecule is CCSC1=NC2(CCN(S(=O)(=O)c3ccccc3)CC2)N=C1c1ccc(C(C)(C)C)cc1. The van der Waals surface area contributed by atoms with Crippen LogP contribution < -0.4 is 0 Å². The minimum Gasteiger partial charge on any atom is -0.252 e. The van der Waals surface area contributed by atoms with Crippen molar-refractivity contribution in [3.63, 3.8) is 0 Å². The maximum Gasteiger partial charge on any atom is 0.243 e. The summed E-state index contributed by atoms with van der Waals surface area (Å²) < 4.78 is 27.6. The largest absolute Gasteiger partial charge is 0.252 e. The van der Waals surface area contributed by atoms with Crippen LogP contribution in [-0.2, 0) is 15.4 Å². The van der Waals surface area contributed by atoms with E-state index in [4.69, 9.17) is 9.98 Å². The van der Waals surface area contributed by atoms with Crippen molar-refractivity contribution >= 4 is 32.5 Å². The van der Waals surface area contributed by atoms with Crippen LogP contribution in [0.4, 0.5) is 0 Å². The monoisotopic (exact) mass is 469 g/mol. The first-order valence-electron chi connectivity index (χ1n) is 11.1. The Labute approximate surface area is 196 Å². The second kappa shape index (κ2) is 8.76. The number of rotatable bonds is 4. The van der Waals surface area contributed by atoms with E-state index in [0.29, 0.717) is 30.8 Å². The van der Waals surface area contributed by atoms with Crippen molar-refractivity contribution < 1.29 is 8.42 Å². The van der Waals surface area contributed by atoms with E-state index in [0.717, 1.165) is 22.1 Å². The third kappa shape index (κ3) is 4.56. The van der Waals surface area contributed by atoms with Gasteiger partial charge in [0, 0.05) is 31.5 Å². The minimum atomic E-state index is -3.49. The van der Waals surface area contributed by atoms with Crippen molar-refractivity contribution in [3.05, 3.63) is 65.7 Å². The lowest BCUT2D eigenvalue weighted by molar-refractivity contribution is 0.249. The molecule has 1 saturated heterocycles. The van der Waals surface area contributed by atoms with Crippen molar-refractivity contribution in [2.45, 2.75) is 56.5 Å². The van der Waals surface area contributed by atoms with E-state index in [1.54, 1.807) is 40.3 Å². The van der Waals surface area contributed by atoms with Crippen LogP contribution in [0.2, 0.25) is 0 Å². The maximum atomic E-state index is 13.0. The van der Waals surface area contributed by atoms with Gasteiger partial charge in [-0.2, -0.15) is 4.31 Å². The van der Waals surface area contributed by atoms with Gasteiger partial charge < -0.3 is 0 Å². The lowest BCUT2D eigenvalue weighted by atomic mass is 9.86. The summed E-state index contributed by atoms with van der Waals surface area (Å²) in [6.07, 6.45) is 1.19. The molecule has 2 aliphatic heterocycles. The quantitative estimate of drug-likeness (QED) is 0.624. The van der Waals surface area contributed by atoms with Gasteiger partial charge in [0.05, 0.1) is 10.6 Å². The Morgan fingerprint density at radius 1 is 0.969 bits per heavy atom. The molecule has 1 spiro atoms. The molecule has 0 unspecified atom stereocenters. The summed E-state index contributed by atoms with van der Waals surface area (Å²) in [4.78, 5) is 10.5. The van der Waals surface area contributed by atoms with Crippen LogP contribution in [0.3, 0.4) is 0 Å². The molecule has 0 aliphatic carbocycles. The molecule has 2 aromatic carbocycles. The molecule has 0 bridgehead atoms. The number of nitrogens with zero attached hydrogens (tertiary/aromatic N) is 3. The highest BCUT2D eigenvalue weighted by atomic mass is 32.2. The van der Waals surface area contributed by atoms with Crippen LogP contribution in [0.15, 0.2) is 69.5 Å². The fraction of sp³-hybridized carbons (Fsp3) is 0.440. The van der Waals surface area contributed by atoms with Crippen molar-refractivity contribution in [2.75, 3.05) is 18.8 Å². The fourth-order valence-electron chi connectivity index (χ4n) is 4.13. The number of sulfonamides is 1. The molecule has 2 aliphatic rings. The first-order chi connectivity index (χ1) is 15.1. The first-order valence-corrected chi connectivity index (χ1v) is 13.6. The van der Waals surface area contributed by atoms with E-state index in [-0.39, 0.29) is 5.41 Å². The molecule has 170 valence electrons. The summed E-state index contributed by atoms with van der Waals surface area (Å²) in [6.45, 7) is 9.59. The molecule has 5 nitrogen and oxygen atoms in total. The molecule has 0 atom stereocenters. The van der Waals surface area contributed by atoms with Crippen LogP contribution in [0.25, 0.3) is 0 Å². The van der Waals surface area contributed by atoms with Crippen molar-refractivity contribution in [3.8, 4) is 0 Å². The fourth-order valence-corrected chi connectivity index (χ4v) is 6.40. The van der Waals surface area contributed by atoms with E-state index < -0.39 is 15.7 Å². The summed E-state index contributed by atoms with van der Waals surface area (Å²) in [5, 5.41) is 0.968. The lowest BCUT2D eigenvalue weighted by Crippen LogP contribution is -2.44. The summed E-state index contributed by atoms with van der Waals surface area (Å²) in [7, 11) is -3.49. The van der Waals surface area contributed by atoms with E-state index in [1.807, 2.05) is 6.07 Å². The smallest absolute Gasteiger partial charge is 0.243 e. The Kier molecular flexibility index (Phi) is 6.36. The predicted octanol–water partition coefficient (Wildman–Crippen LogP) is 5.12. The standard InChI is InChI=1S/C25H31N3O2S2/c1-5-31-23-22(19-11-13-20(14-12-19)24(2,3)4)26-25(27-23)15-17-28(18-16-25)32(29,30)21-9-7-6-8-10-21/h6-14H,5,15-18H2,1-4H3. The molecule has 7 heteroatoms. The van der Waals surface area contributed by atoms with Crippen LogP contribution >= 0.6 is 11.8 Å². The van der Waals surface area contributed by atoms with Gasteiger partial charge >= 0.3 is 0 Å². The molecule has 0 saturated carbocycles. The van der Waals surface area contributed by atoms with E-state index in [1.165, 1.54) is 5.56 Å². The highest BCUT2D eigenvalue weighted by molar-refractivity contribution is 8.15. The van der Waals surface area contributed by atoms with Gasteiger partial charge in [-0.1, -0.05) is 70.2 Å². The molecular formula is C25H31N3O2S2. The summed E-state index contributed by atoms with van der Waals surface area (Å²) in [5.74, 6) is 0.919. The maximum absolute atomic E-state index is 13.0. The topological polar surface area (TPSA) is 62.1 Å². The van der Waals surface area contributed by atoms with E-state index in [2.05, 4.69) is 52.0 Å². The van der Waals surface area contributed by atoms with Gasteiger partial charge in [0.25, 0.3) is 0 Å². The number of hydrogen-bond acceptors (Lipinski definition) is 5. The normalized spacial score (nSPS) is 19.1. The molecule has 32 heavy (non-hydrogen) atoms. The molecule has 0 amide bonds. The number of aliphatic imine (C=N–C) groups is 2.